The third-order valence-corrected chi connectivity index (χ3v) is 6.14. The molecule has 0 saturated carbocycles. The van der Waals surface area contributed by atoms with Crippen LogP contribution in [0.25, 0.3) is 0 Å². The SMILES string of the molecule is COc1ccc(NC(=O)C2=C(C)Nc3ncnn3[C@@H]2c2ccc(OCc3ccccc3)cc2)c(OC)c1. The Bertz CT molecular complexity index is 1430. The molecule has 0 fully saturated rings. The number of carbonyl (C=O) groups is 1. The predicted octanol–water partition coefficient (Wildman–Crippen LogP) is 4.80. The number of nitrogens with one attached hydrogen (secondary N) is 2. The predicted molar refractivity (Wildman–Crippen MR) is 140 cm³/mol. The van der Waals surface area contributed by atoms with Gasteiger partial charge in [-0.1, -0.05) is 42.5 Å². The van der Waals surface area contributed by atoms with Gasteiger partial charge in [0, 0.05) is 11.8 Å². The van der Waals surface area contributed by atoms with Gasteiger partial charge < -0.3 is 24.8 Å². The van der Waals surface area contributed by atoms with Gasteiger partial charge in [-0.3, -0.25) is 4.79 Å². The molecule has 0 bridgehead atoms. The zero-order valence-corrected chi connectivity index (χ0v) is 20.8. The maximum absolute atomic E-state index is 13.7. The van der Waals surface area contributed by atoms with Crippen molar-refractivity contribution >= 4 is 17.5 Å². The molecule has 1 aliphatic heterocycles. The van der Waals surface area contributed by atoms with Crippen LogP contribution in [0, 0.1) is 0 Å². The molecule has 9 heteroatoms. The highest BCUT2D eigenvalue weighted by molar-refractivity contribution is 6.06. The molecular weight excluding hydrogens is 470 g/mol. The highest BCUT2D eigenvalue weighted by Gasteiger charge is 2.33. The summed E-state index contributed by atoms with van der Waals surface area (Å²) < 4.78 is 18.4. The molecule has 0 spiro atoms. The van der Waals surface area contributed by atoms with Crippen molar-refractivity contribution in [2.45, 2.75) is 19.6 Å². The number of fused-ring (bicyclic) bond motifs is 1. The van der Waals surface area contributed by atoms with E-state index in [2.05, 4.69) is 20.7 Å². The number of carbonyl (C=O) groups excluding carboxylic acids is 1. The summed E-state index contributed by atoms with van der Waals surface area (Å²) in [6, 6.07) is 22.4. The van der Waals surface area contributed by atoms with E-state index in [4.69, 9.17) is 14.2 Å². The van der Waals surface area contributed by atoms with Crippen LogP contribution in [0.4, 0.5) is 11.6 Å². The molecule has 0 aliphatic carbocycles. The van der Waals surface area contributed by atoms with Gasteiger partial charge in [0.2, 0.25) is 5.95 Å². The van der Waals surface area contributed by atoms with Gasteiger partial charge in [-0.15, -0.1) is 0 Å². The molecule has 0 unspecified atom stereocenters. The highest BCUT2D eigenvalue weighted by Crippen LogP contribution is 2.37. The summed E-state index contributed by atoms with van der Waals surface area (Å²) in [4.78, 5) is 18.0. The Hall–Kier alpha value is -4.79. The van der Waals surface area contributed by atoms with E-state index in [-0.39, 0.29) is 5.91 Å². The number of amides is 1. The smallest absolute Gasteiger partial charge is 0.255 e. The number of ether oxygens (including phenoxy) is 3. The average molecular weight is 498 g/mol. The van der Waals surface area contributed by atoms with Crippen LogP contribution in [-0.2, 0) is 11.4 Å². The number of nitrogens with zero attached hydrogens (tertiary/aromatic N) is 3. The van der Waals surface area contributed by atoms with E-state index in [1.807, 2.05) is 61.5 Å². The molecule has 37 heavy (non-hydrogen) atoms. The van der Waals surface area contributed by atoms with Crippen LogP contribution in [0.1, 0.15) is 24.1 Å². The number of benzene rings is 3. The van der Waals surface area contributed by atoms with Gasteiger partial charge in [-0.2, -0.15) is 10.1 Å². The lowest BCUT2D eigenvalue weighted by molar-refractivity contribution is -0.113. The molecule has 0 saturated heterocycles. The van der Waals surface area contributed by atoms with Crippen molar-refractivity contribution in [3.05, 3.63) is 102 Å². The lowest BCUT2D eigenvalue weighted by atomic mass is 9.95. The van der Waals surface area contributed by atoms with Crippen LogP contribution >= 0.6 is 0 Å². The molecule has 2 heterocycles. The number of anilines is 2. The second kappa shape index (κ2) is 10.4. The number of methoxy groups -OCH3 is 2. The minimum absolute atomic E-state index is 0.288. The van der Waals surface area contributed by atoms with Crippen LogP contribution in [0.15, 0.2) is 90.4 Å². The van der Waals surface area contributed by atoms with Crippen molar-refractivity contribution in [2.75, 3.05) is 24.9 Å². The first kappa shape index (κ1) is 23.9. The normalized spacial score (nSPS) is 14.4. The van der Waals surface area contributed by atoms with E-state index in [1.54, 1.807) is 37.1 Å². The fourth-order valence-corrected chi connectivity index (χ4v) is 4.27. The molecule has 2 N–H and O–H groups in total. The fourth-order valence-electron chi connectivity index (χ4n) is 4.27. The molecule has 188 valence electrons. The number of hydrogen-bond donors (Lipinski definition) is 2. The molecule has 5 rings (SSSR count). The topological polar surface area (TPSA) is 99.5 Å². The summed E-state index contributed by atoms with van der Waals surface area (Å²) in [5, 5.41) is 10.6. The summed E-state index contributed by atoms with van der Waals surface area (Å²) in [6.45, 7) is 2.32. The molecule has 0 radical (unpaired) electrons. The largest absolute Gasteiger partial charge is 0.497 e. The minimum Gasteiger partial charge on any atom is -0.497 e. The molecule has 1 aromatic heterocycles. The average Bonchev–Trinajstić information content (AvgIpc) is 3.40. The van der Waals surface area contributed by atoms with Gasteiger partial charge in [0.15, 0.2) is 0 Å². The number of allylic oxidation sites excluding steroid dienone is 1. The monoisotopic (exact) mass is 497 g/mol. The van der Waals surface area contributed by atoms with Gasteiger partial charge in [0.25, 0.3) is 5.91 Å². The van der Waals surface area contributed by atoms with Gasteiger partial charge >= 0.3 is 0 Å². The van der Waals surface area contributed by atoms with E-state index < -0.39 is 6.04 Å². The molecule has 3 aromatic carbocycles. The lowest BCUT2D eigenvalue weighted by Crippen LogP contribution is -2.31. The lowest BCUT2D eigenvalue weighted by Gasteiger charge is -2.29. The summed E-state index contributed by atoms with van der Waals surface area (Å²) in [5.41, 5.74) is 3.67. The van der Waals surface area contributed by atoms with Crippen LogP contribution in [-0.4, -0.2) is 34.9 Å². The van der Waals surface area contributed by atoms with Crippen LogP contribution in [0.5, 0.6) is 17.2 Å². The summed E-state index contributed by atoms with van der Waals surface area (Å²) in [7, 11) is 3.12. The van der Waals surface area contributed by atoms with E-state index in [1.165, 1.54) is 6.33 Å². The zero-order chi connectivity index (χ0) is 25.8. The zero-order valence-electron chi connectivity index (χ0n) is 20.8. The first-order valence-electron chi connectivity index (χ1n) is 11.7. The maximum atomic E-state index is 13.7. The Labute approximate surface area is 214 Å². The van der Waals surface area contributed by atoms with Gasteiger partial charge in [-0.05, 0) is 42.3 Å². The Kier molecular flexibility index (Phi) is 6.76. The van der Waals surface area contributed by atoms with Crippen molar-refractivity contribution in [2.24, 2.45) is 0 Å². The van der Waals surface area contributed by atoms with Gasteiger partial charge in [-0.25, -0.2) is 4.68 Å². The van der Waals surface area contributed by atoms with E-state index >= 15 is 0 Å². The summed E-state index contributed by atoms with van der Waals surface area (Å²) >= 11 is 0. The van der Waals surface area contributed by atoms with Gasteiger partial charge in [0.05, 0.1) is 25.5 Å². The quantitative estimate of drug-likeness (QED) is 0.361. The maximum Gasteiger partial charge on any atom is 0.255 e. The van der Waals surface area contributed by atoms with E-state index in [0.29, 0.717) is 41.0 Å². The molecule has 4 aromatic rings. The number of hydrogen-bond acceptors (Lipinski definition) is 7. The summed E-state index contributed by atoms with van der Waals surface area (Å²) in [6.07, 6.45) is 1.47. The third kappa shape index (κ3) is 4.97. The Morgan fingerprint density at radius 2 is 1.76 bits per heavy atom. The van der Waals surface area contributed by atoms with Crippen LogP contribution in [0.2, 0.25) is 0 Å². The van der Waals surface area contributed by atoms with Crippen molar-refractivity contribution < 1.29 is 19.0 Å². The molecule has 1 atom stereocenters. The Morgan fingerprint density at radius 3 is 2.49 bits per heavy atom. The second-order valence-electron chi connectivity index (χ2n) is 8.46. The number of aromatic nitrogens is 3. The first-order chi connectivity index (χ1) is 18.1. The van der Waals surface area contributed by atoms with Crippen molar-refractivity contribution in [1.29, 1.82) is 0 Å². The summed E-state index contributed by atoms with van der Waals surface area (Å²) in [5.74, 6) is 2.13. The molecule has 9 nitrogen and oxygen atoms in total. The highest BCUT2D eigenvalue weighted by atomic mass is 16.5. The molecule has 1 aliphatic rings. The molecular formula is C28H27N5O4. The first-order valence-corrected chi connectivity index (χ1v) is 11.7. The standard InChI is InChI=1S/C28H27N5O4/c1-18-25(27(34)32-23-14-13-22(35-2)15-24(23)36-3)26(33-28(31-18)29-17-30-33)20-9-11-21(12-10-20)37-16-19-7-5-4-6-8-19/h4-15,17,26H,16H2,1-3H3,(H,32,34)(H,29,30,31)/t26-/m1/s1. The molecule has 1 amide bonds. The third-order valence-electron chi connectivity index (χ3n) is 6.14. The fraction of sp³-hybridized carbons (Fsp3) is 0.179. The van der Waals surface area contributed by atoms with E-state index in [9.17, 15) is 4.79 Å². The van der Waals surface area contributed by atoms with E-state index in [0.717, 1.165) is 16.9 Å². The minimum atomic E-state index is -0.494. The van der Waals surface area contributed by atoms with Crippen molar-refractivity contribution in [3.63, 3.8) is 0 Å². The second-order valence-corrected chi connectivity index (χ2v) is 8.46. The van der Waals surface area contributed by atoms with Crippen LogP contribution in [0.3, 0.4) is 0 Å². The van der Waals surface area contributed by atoms with Crippen LogP contribution < -0.4 is 24.8 Å². The Balaban J connectivity index is 1.42. The van der Waals surface area contributed by atoms with Crippen molar-refractivity contribution in [1.82, 2.24) is 14.8 Å². The van der Waals surface area contributed by atoms with Crippen molar-refractivity contribution in [3.8, 4) is 17.2 Å². The Morgan fingerprint density at radius 1 is 1.00 bits per heavy atom. The van der Waals surface area contributed by atoms with Gasteiger partial charge in [0.1, 0.15) is 36.2 Å². The number of rotatable bonds is 8.